The number of anilines is 1. The van der Waals surface area contributed by atoms with Gasteiger partial charge in [0.05, 0.1) is 17.5 Å². The Bertz CT molecular complexity index is 677. The summed E-state index contributed by atoms with van der Waals surface area (Å²) in [6.45, 7) is 4.18. The van der Waals surface area contributed by atoms with Gasteiger partial charge in [-0.3, -0.25) is 9.52 Å². The standard InChI is InChI=1S/C16H25N3O3S.ClH/c1-12-6-7-15(18-23(3,21)22)14(9-12)16(20)19-8-4-5-13(11-19)10-17-2;/h6-7,9,13,17-18H,4-5,8,10-11H2,1-3H3;1H. The van der Waals surface area contributed by atoms with E-state index < -0.39 is 10.0 Å². The fourth-order valence-electron chi connectivity index (χ4n) is 3.00. The minimum Gasteiger partial charge on any atom is -0.338 e. The second kappa shape index (κ2) is 8.69. The maximum atomic E-state index is 12.9. The van der Waals surface area contributed by atoms with E-state index >= 15 is 0 Å². The smallest absolute Gasteiger partial charge is 0.256 e. The van der Waals surface area contributed by atoms with Crippen LogP contribution in [0.5, 0.6) is 0 Å². The Morgan fingerprint density at radius 3 is 2.71 bits per heavy atom. The number of hydrogen-bond acceptors (Lipinski definition) is 4. The van der Waals surface area contributed by atoms with Crippen molar-refractivity contribution in [3.8, 4) is 0 Å². The lowest BCUT2D eigenvalue weighted by Gasteiger charge is -2.33. The monoisotopic (exact) mass is 375 g/mol. The summed E-state index contributed by atoms with van der Waals surface area (Å²) >= 11 is 0. The molecule has 1 aromatic carbocycles. The highest BCUT2D eigenvalue weighted by atomic mass is 35.5. The van der Waals surface area contributed by atoms with Crippen LogP contribution in [-0.4, -0.2) is 52.2 Å². The molecule has 1 atom stereocenters. The quantitative estimate of drug-likeness (QED) is 0.823. The molecule has 1 saturated heterocycles. The number of carbonyl (C=O) groups excluding carboxylic acids is 1. The van der Waals surface area contributed by atoms with E-state index in [-0.39, 0.29) is 18.3 Å². The summed E-state index contributed by atoms with van der Waals surface area (Å²) in [6.07, 6.45) is 3.16. The second-order valence-electron chi connectivity index (χ2n) is 6.24. The number of piperidine rings is 1. The summed E-state index contributed by atoms with van der Waals surface area (Å²) in [7, 11) is -1.51. The molecule has 1 aliphatic heterocycles. The van der Waals surface area contributed by atoms with Crippen molar-refractivity contribution in [2.24, 2.45) is 5.92 Å². The number of likely N-dealkylation sites (tertiary alicyclic amines) is 1. The number of nitrogens with zero attached hydrogens (tertiary/aromatic N) is 1. The van der Waals surface area contributed by atoms with Gasteiger partial charge in [0.15, 0.2) is 0 Å². The van der Waals surface area contributed by atoms with Crippen LogP contribution in [0.15, 0.2) is 18.2 Å². The summed E-state index contributed by atoms with van der Waals surface area (Å²) in [5.74, 6) is 0.328. The fourth-order valence-corrected chi connectivity index (χ4v) is 3.58. The summed E-state index contributed by atoms with van der Waals surface area (Å²) in [5, 5.41) is 3.16. The van der Waals surface area contributed by atoms with E-state index in [4.69, 9.17) is 0 Å². The van der Waals surface area contributed by atoms with E-state index in [0.29, 0.717) is 30.3 Å². The molecule has 1 aromatic rings. The van der Waals surface area contributed by atoms with E-state index in [1.54, 1.807) is 18.2 Å². The first-order chi connectivity index (χ1) is 10.8. The normalized spacial score (nSPS) is 18.0. The van der Waals surface area contributed by atoms with Crippen LogP contribution in [0.3, 0.4) is 0 Å². The number of carbonyl (C=O) groups is 1. The van der Waals surface area contributed by atoms with Gasteiger partial charge in [-0.2, -0.15) is 0 Å². The van der Waals surface area contributed by atoms with E-state index in [1.165, 1.54) is 0 Å². The number of benzene rings is 1. The van der Waals surface area contributed by atoms with Crippen LogP contribution in [0.25, 0.3) is 0 Å². The molecule has 136 valence electrons. The fraction of sp³-hybridized carbons (Fsp3) is 0.562. The highest BCUT2D eigenvalue weighted by Crippen LogP contribution is 2.24. The molecule has 2 rings (SSSR count). The largest absolute Gasteiger partial charge is 0.338 e. The zero-order valence-corrected chi connectivity index (χ0v) is 16.0. The molecular weight excluding hydrogens is 350 g/mol. The molecule has 6 nitrogen and oxygen atoms in total. The second-order valence-corrected chi connectivity index (χ2v) is 7.99. The van der Waals surface area contributed by atoms with Crippen molar-refractivity contribution in [3.05, 3.63) is 29.3 Å². The highest BCUT2D eigenvalue weighted by molar-refractivity contribution is 7.92. The van der Waals surface area contributed by atoms with Gasteiger partial charge >= 0.3 is 0 Å². The van der Waals surface area contributed by atoms with Crippen LogP contribution in [0.2, 0.25) is 0 Å². The highest BCUT2D eigenvalue weighted by Gasteiger charge is 2.26. The Morgan fingerprint density at radius 2 is 2.08 bits per heavy atom. The molecule has 0 saturated carbocycles. The molecule has 8 heteroatoms. The molecule has 1 heterocycles. The van der Waals surface area contributed by atoms with Crippen LogP contribution in [-0.2, 0) is 10.0 Å². The molecule has 0 radical (unpaired) electrons. The Morgan fingerprint density at radius 1 is 1.38 bits per heavy atom. The Labute approximate surface area is 150 Å². The first-order valence-corrected chi connectivity index (χ1v) is 9.71. The van der Waals surface area contributed by atoms with Gasteiger partial charge in [0.2, 0.25) is 10.0 Å². The minimum absolute atomic E-state index is 0. The van der Waals surface area contributed by atoms with Gasteiger partial charge in [-0.15, -0.1) is 12.4 Å². The molecule has 1 amide bonds. The van der Waals surface area contributed by atoms with E-state index in [1.807, 2.05) is 18.9 Å². The number of rotatable bonds is 5. The average Bonchev–Trinajstić information content (AvgIpc) is 2.48. The van der Waals surface area contributed by atoms with Crippen LogP contribution in [0.1, 0.15) is 28.8 Å². The van der Waals surface area contributed by atoms with E-state index in [9.17, 15) is 13.2 Å². The third-order valence-corrected chi connectivity index (χ3v) is 4.59. The molecule has 24 heavy (non-hydrogen) atoms. The maximum absolute atomic E-state index is 12.9. The van der Waals surface area contributed by atoms with Crippen LogP contribution in [0, 0.1) is 12.8 Å². The zero-order valence-electron chi connectivity index (χ0n) is 14.3. The minimum atomic E-state index is -3.43. The van der Waals surface area contributed by atoms with Crippen LogP contribution >= 0.6 is 12.4 Å². The molecule has 0 aliphatic carbocycles. The number of sulfonamides is 1. The van der Waals surface area contributed by atoms with E-state index in [0.717, 1.165) is 31.2 Å². The number of amides is 1. The molecule has 1 unspecified atom stereocenters. The third-order valence-electron chi connectivity index (χ3n) is 4.00. The number of hydrogen-bond donors (Lipinski definition) is 2. The zero-order chi connectivity index (χ0) is 17.0. The van der Waals surface area contributed by atoms with Gasteiger partial charge in [-0.1, -0.05) is 11.6 Å². The van der Waals surface area contributed by atoms with Crippen molar-refractivity contribution in [1.82, 2.24) is 10.2 Å². The maximum Gasteiger partial charge on any atom is 0.256 e. The summed E-state index contributed by atoms with van der Waals surface area (Å²) in [6, 6.07) is 5.19. The SMILES string of the molecule is CNCC1CCCN(C(=O)c2cc(C)ccc2NS(C)(=O)=O)C1.Cl. The molecule has 1 fully saturated rings. The molecular formula is C16H26ClN3O3S. The first-order valence-electron chi connectivity index (χ1n) is 7.82. The first kappa shape index (κ1) is 20.7. The molecule has 2 N–H and O–H groups in total. The van der Waals surface area contributed by atoms with Gasteiger partial charge in [0.25, 0.3) is 5.91 Å². The number of nitrogens with one attached hydrogen (secondary N) is 2. The van der Waals surface area contributed by atoms with Gasteiger partial charge in [-0.25, -0.2) is 8.42 Å². The Kier molecular flexibility index (Phi) is 7.51. The van der Waals surface area contributed by atoms with Crippen molar-refractivity contribution in [2.45, 2.75) is 19.8 Å². The predicted octanol–water partition coefficient (Wildman–Crippen LogP) is 1.86. The molecule has 0 aromatic heterocycles. The Hall–Kier alpha value is -1.31. The molecule has 0 spiro atoms. The summed E-state index contributed by atoms with van der Waals surface area (Å²) in [5.41, 5.74) is 1.69. The van der Waals surface area contributed by atoms with Crippen molar-refractivity contribution >= 4 is 34.0 Å². The average molecular weight is 376 g/mol. The van der Waals surface area contributed by atoms with Crippen molar-refractivity contribution in [2.75, 3.05) is 37.7 Å². The predicted molar refractivity (Wildman–Crippen MR) is 99.4 cm³/mol. The van der Waals surface area contributed by atoms with Gasteiger partial charge in [0.1, 0.15) is 0 Å². The lowest BCUT2D eigenvalue weighted by Crippen LogP contribution is -2.42. The number of halogens is 1. The van der Waals surface area contributed by atoms with Crippen molar-refractivity contribution < 1.29 is 13.2 Å². The molecule has 0 bridgehead atoms. The number of aryl methyl sites for hydroxylation is 1. The lowest BCUT2D eigenvalue weighted by molar-refractivity contribution is 0.0675. The van der Waals surface area contributed by atoms with Gasteiger partial charge < -0.3 is 10.2 Å². The van der Waals surface area contributed by atoms with Gasteiger partial charge in [-0.05, 0) is 51.4 Å². The topological polar surface area (TPSA) is 78.5 Å². The summed E-state index contributed by atoms with van der Waals surface area (Å²) < 4.78 is 25.5. The van der Waals surface area contributed by atoms with Crippen molar-refractivity contribution in [3.63, 3.8) is 0 Å². The third kappa shape index (κ3) is 5.65. The lowest BCUT2D eigenvalue weighted by atomic mass is 9.97. The van der Waals surface area contributed by atoms with Crippen molar-refractivity contribution in [1.29, 1.82) is 0 Å². The Balaban J connectivity index is 0.00000288. The van der Waals surface area contributed by atoms with Crippen LogP contribution < -0.4 is 10.0 Å². The van der Waals surface area contributed by atoms with E-state index in [2.05, 4.69) is 10.0 Å². The van der Waals surface area contributed by atoms with Crippen LogP contribution in [0.4, 0.5) is 5.69 Å². The molecule has 1 aliphatic rings. The summed E-state index contributed by atoms with van der Waals surface area (Å²) in [4.78, 5) is 14.7. The van der Waals surface area contributed by atoms with Gasteiger partial charge in [0, 0.05) is 13.1 Å².